The van der Waals surface area contributed by atoms with Crippen LogP contribution in [0.2, 0.25) is 0 Å². The van der Waals surface area contributed by atoms with Gasteiger partial charge in [0.1, 0.15) is 9.96 Å². The van der Waals surface area contributed by atoms with E-state index < -0.39 is 10.0 Å². The molecule has 1 saturated heterocycles. The Kier molecular flexibility index (Phi) is 6.42. The summed E-state index contributed by atoms with van der Waals surface area (Å²) in [4.78, 5) is 12.9. The number of hydrogen-bond donors (Lipinski definition) is 1. The molecule has 1 N–H and O–H groups in total. The Bertz CT molecular complexity index is 926. The highest BCUT2D eigenvalue weighted by Gasteiger charge is 2.34. The van der Waals surface area contributed by atoms with Crippen molar-refractivity contribution >= 4 is 27.3 Å². The van der Waals surface area contributed by atoms with E-state index >= 15 is 0 Å². The summed E-state index contributed by atoms with van der Waals surface area (Å²) in [7, 11) is -1.92. The van der Waals surface area contributed by atoms with Crippen LogP contribution in [-0.2, 0) is 14.8 Å². The molecule has 6 nitrogen and oxygen atoms in total. The van der Waals surface area contributed by atoms with Crippen molar-refractivity contribution in [2.24, 2.45) is 5.92 Å². The van der Waals surface area contributed by atoms with Crippen LogP contribution in [0.4, 0.5) is 0 Å². The van der Waals surface area contributed by atoms with Crippen molar-refractivity contribution in [2.45, 2.75) is 36.9 Å². The number of methoxy groups -OCH3 is 1. The third kappa shape index (κ3) is 4.39. The zero-order valence-electron chi connectivity index (χ0n) is 16.3. The van der Waals surface area contributed by atoms with E-state index in [9.17, 15) is 13.2 Å². The smallest absolute Gasteiger partial charge is 0.252 e. The van der Waals surface area contributed by atoms with Crippen molar-refractivity contribution in [3.63, 3.8) is 0 Å². The molecule has 2 heterocycles. The number of nitrogens with one attached hydrogen (secondary N) is 1. The first kappa shape index (κ1) is 20.8. The van der Waals surface area contributed by atoms with Crippen LogP contribution in [-0.4, -0.2) is 38.8 Å². The summed E-state index contributed by atoms with van der Waals surface area (Å²) in [5, 5.41) is 4.78. The molecule has 0 spiro atoms. The highest BCUT2D eigenvalue weighted by atomic mass is 32.2. The molecule has 1 aromatic carbocycles. The highest BCUT2D eigenvalue weighted by Crippen LogP contribution is 2.29. The first-order chi connectivity index (χ1) is 13.3. The van der Waals surface area contributed by atoms with Crippen LogP contribution in [0.15, 0.2) is 39.9 Å². The maximum absolute atomic E-state index is 12.9. The highest BCUT2D eigenvalue weighted by molar-refractivity contribution is 7.91. The second-order valence-corrected chi connectivity index (χ2v) is 10.2. The van der Waals surface area contributed by atoms with E-state index in [-0.39, 0.29) is 24.4 Å². The molecular formula is C20H26N2O4S2. The van der Waals surface area contributed by atoms with E-state index in [1.54, 1.807) is 24.6 Å². The van der Waals surface area contributed by atoms with Crippen LogP contribution in [0, 0.1) is 12.8 Å². The lowest BCUT2D eigenvalue weighted by Gasteiger charge is -2.31. The van der Waals surface area contributed by atoms with E-state index in [0.29, 0.717) is 23.6 Å². The van der Waals surface area contributed by atoms with E-state index in [0.717, 1.165) is 16.9 Å². The molecule has 2 aromatic rings. The number of rotatable bonds is 6. The molecular weight excluding hydrogens is 396 g/mol. The van der Waals surface area contributed by atoms with Crippen LogP contribution < -0.4 is 10.1 Å². The molecule has 28 heavy (non-hydrogen) atoms. The van der Waals surface area contributed by atoms with Gasteiger partial charge in [-0.15, -0.1) is 11.3 Å². The maximum Gasteiger partial charge on any atom is 0.252 e. The Labute approximate surface area is 170 Å². The number of nitrogens with zero attached hydrogens (tertiary/aromatic N) is 1. The predicted molar refractivity (Wildman–Crippen MR) is 110 cm³/mol. The largest absolute Gasteiger partial charge is 0.496 e. The van der Waals surface area contributed by atoms with Crippen LogP contribution in [0.1, 0.15) is 36.9 Å². The quantitative estimate of drug-likeness (QED) is 0.775. The topological polar surface area (TPSA) is 75.7 Å². The van der Waals surface area contributed by atoms with Crippen LogP contribution >= 0.6 is 11.3 Å². The Morgan fingerprint density at radius 3 is 2.82 bits per heavy atom. The van der Waals surface area contributed by atoms with Crippen LogP contribution in [0.5, 0.6) is 5.75 Å². The molecule has 0 saturated carbocycles. The number of hydrogen-bond acceptors (Lipinski definition) is 5. The third-order valence-electron chi connectivity index (χ3n) is 5.05. The molecule has 1 fully saturated rings. The second-order valence-electron chi connectivity index (χ2n) is 7.11. The summed E-state index contributed by atoms with van der Waals surface area (Å²) in [6.45, 7) is 4.57. The fraction of sp³-hybridized carbons (Fsp3) is 0.450. The minimum absolute atomic E-state index is 0.123. The predicted octanol–water partition coefficient (Wildman–Crippen LogP) is 3.34. The molecule has 2 unspecified atom stereocenters. The normalized spacial score (nSPS) is 19.2. The first-order valence-corrected chi connectivity index (χ1v) is 11.6. The molecule has 0 radical (unpaired) electrons. The molecule has 0 bridgehead atoms. The van der Waals surface area contributed by atoms with E-state index in [4.69, 9.17) is 4.74 Å². The lowest BCUT2D eigenvalue weighted by molar-refractivity contribution is -0.126. The van der Waals surface area contributed by atoms with Crippen molar-refractivity contribution in [3.05, 3.63) is 46.8 Å². The number of thiophene rings is 1. The Morgan fingerprint density at radius 1 is 1.36 bits per heavy atom. The van der Waals surface area contributed by atoms with E-state index in [2.05, 4.69) is 5.32 Å². The second kappa shape index (κ2) is 8.63. The summed E-state index contributed by atoms with van der Waals surface area (Å²) >= 11 is 1.20. The van der Waals surface area contributed by atoms with Crippen molar-refractivity contribution < 1.29 is 17.9 Å². The average Bonchev–Trinajstić information content (AvgIpc) is 3.23. The number of sulfonamides is 1. The number of carbonyl (C=O) groups is 1. The average molecular weight is 423 g/mol. The fourth-order valence-corrected chi connectivity index (χ4v) is 6.18. The maximum atomic E-state index is 12.9. The number of ether oxygens (including phenoxy) is 1. The molecule has 1 aliphatic rings. The van der Waals surface area contributed by atoms with E-state index in [1.807, 2.05) is 32.0 Å². The lowest BCUT2D eigenvalue weighted by atomic mass is 9.97. The van der Waals surface area contributed by atoms with Crippen molar-refractivity contribution in [1.82, 2.24) is 9.62 Å². The van der Waals surface area contributed by atoms with Crippen LogP contribution in [0.25, 0.3) is 0 Å². The van der Waals surface area contributed by atoms with Gasteiger partial charge in [0, 0.05) is 18.7 Å². The minimum Gasteiger partial charge on any atom is -0.496 e. The number of benzene rings is 1. The molecule has 1 aromatic heterocycles. The number of amides is 1. The molecule has 8 heteroatoms. The van der Waals surface area contributed by atoms with Gasteiger partial charge in [0.15, 0.2) is 0 Å². The van der Waals surface area contributed by atoms with Gasteiger partial charge in [0.2, 0.25) is 5.91 Å². The summed E-state index contributed by atoms with van der Waals surface area (Å²) in [6.07, 6.45) is 1.35. The molecule has 0 aliphatic carbocycles. The summed E-state index contributed by atoms with van der Waals surface area (Å²) < 4.78 is 32.7. The Hall–Kier alpha value is -1.90. The zero-order chi connectivity index (χ0) is 20.3. The lowest BCUT2D eigenvalue weighted by Crippen LogP contribution is -2.45. The molecule has 2 atom stereocenters. The SMILES string of the molecule is COc1ccc(C)cc1C(C)NC(=O)C1CCCN(S(=O)(=O)c2cccs2)C1. The van der Waals surface area contributed by atoms with Gasteiger partial charge < -0.3 is 10.1 Å². The zero-order valence-corrected chi connectivity index (χ0v) is 18.0. The van der Waals surface area contributed by atoms with Gasteiger partial charge in [-0.1, -0.05) is 23.8 Å². The van der Waals surface area contributed by atoms with Gasteiger partial charge in [0.25, 0.3) is 10.0 Å². The van der Waals surface area contributed by atoms with Gasteiger partial charge in [-0.3, -0.25) is 4.79 Å². The number of aryl methyl sites for hydroxylation is 1. The monoisotopic (exact) mass is 422 g/mol. The van der Waals surface area contributed by atoms with Gasteiger partial charge >= 0.3 is 0 Å². The van der Waals surface area contributed by atoms with Gasteiger partial charge in [-0.2, -0.15) is 4.31 Å². The molecule has 1 amide bonds. The Morgan fingerprint density at radius 2 is 2.14 bits per heavy atom. The first-order valence-electron chi connectivity index (χ1n) is 9.31. The fourth-order valence-electron chi connectivity index (χ4n) is 3.51. The molecule has 1 aliphatic heterocycles. The summed E-state index contributed by atoms with van der Waals surface area (Å²) in [5.74, 6) is 0.243. The van der Waals surface area contributed by atoms with Crippen molar-refractivity contribution in [1.29, 1.82) is 0 Å². The van der Waals surface area contributed by atoms with Crippen molar-refractivity contribution in [3.8, 4) is 5.75 Å². The molecule has 152 valence electrons. The summed E-state index contributed by atoms with van der Waals surface area (Å²) in [5.41, 5.74) is 2.00. The van der Waals surface area contributed by atoms with Gasteiger partial charge in [-0.05, 0) is 44.2 Å². The van der Waals surface area contributed by atoms with E-state index in [1.165, 1.54) is 15.6 Å². The van der Waals surface area contributed by atoms with Crippen LogP contribution in [0.3, 0.4) is 0 Å². The standard InChI is InChI=1S/C20H26N2O4S2/c1-14-8-9-18(26-3)17(12-14)15(2)21-20(23)16-6-4-10-22(13-16)28(24,25)19-7-5-11-27-19/h5,7-9,11-12,15-16H,4,6,10,13H2,1-3H3,(H,21,23). The number of piperidine rings is 1. The van der Waals surface area contributed by atoms with Gasteiger partial charge in [0.05, 0.1) is 19.1 Å². The van der Waals surface area contributed by atoms with Gasteiger partial charge in [-0.25, -0.2) is 8.42 Å². The van der Waals surface area contributed by atoms with Crippen molar-refractivity contribution in [2.75, 3.05) is 20.2 Å². The molecule has 3 rings (SSSR count). The third-order valence-corrected chi connectivity index (χ3v) is 8.29. The number of carbonyl (C=O) groups excluding carboxylic acids is 1. The minimum atomic E-state index is -3.53. The Balaban J connectivity index is 1.70. The summed E-state index contributed by atoms with van der Waals surface area (Å²) in [6, 6.07) is 8.96.